The number of hydrogen-bond acceptors (Lipinski definition) is 1. The highest BCUT2D eigenvalue weighted by Gasteiger charge is 2.02. The first-order chi connectivity index (χ1) is 6.72. The third-order valence-electron chi connectivity index (χ3n) is 2.21. The SMILES string of the molecule is CCn1c[c]c(=O)c2ccc(F)cc21. The normalized spacial score (nSPS) is 10.7. The first kappa shape index (κ1) is 8.94. The van der Waals surface area contributed by atoms with Crippen molar-refractivity contribution in [2.24, 2.45) is 0 Å². The van der Waals surface area contributed by atoms with Crippen molar-refractivity contribution >= 4 is 10.9 Å². The Bertz CT molecular complexity index is 530. The van der Waals surface area contributed by atoms with Crippen LogP contribution in [0.5, 0.6) is 0 Å². The Kier molecular flexibility index (Phi) is 2.08. The first-order valence-corrected chi connectivity index (χ1v) is 4.42. The molecule has 0 amide bonds. The lowest BCUT2D eigenvalue weighted by Crippen LogP contribution is -2.07. The van der Waals surface area contributed by atoms with E-state index >= 15 is 0 Å². The third kappa shape index (κ3) is 1.31. The molecule has 2 rings (SSSR count). The molecule has 0 N–H and O–H groups in total. The zero-order valence-electron chi connectivity index (χ0n) is 7.75. The summed E-state index contributed by atoms with van der Waals surface area (Å²) in [4.78, 5) is 11.4. The molecular formula is C11H9FNO. The Balaban J connectivity index is 2.92. The van der Waals surface area contributed by atoms with Gasteiger partial charge in [0, 0.05) is 18.1 Å². The molecule has 0 aliphatic rings. The van der Waals surface area contributed by atoms with E-state index in [0.717, 1.165) is 0 Å². The second-order valence-corrected chi connectivity index (χ2v) is 3.05. The van der Waals surface area contributed by atoms with Crippen molar-refractivity contribution in [2.75, 3.05) is 0 Å². The minimum atomic E-state index is -0.328. The molecule has 0 aliphatic heterocycles. The van der Waals surface area contributed by atoms with Crippen molar-refractivity contribution in [1.82, 2.24) is 4.57 Å². The zero-order valence-corrected chi connectivity index (χ0v) is 7.75. The summed E-state index contributed by atoms with van der Waals surface area (Å²) in [5.41, 5.74) is 0.431. The fourth-order valence-electron chi connectivity index (χ4n) is 1.48. The molecule has 1 radical (unpaired) electrons. The third-order valence-corrected chi connectivity index (χ3v) is 2.21. The zero-order chi connectivity index (χ0) is 10.1. The van der Waals surface area contributed by atoms with Crippen LogP contribution in [0.1, 0.15) is 6.92 Å². The Hall–Kier alpha value is -1.64. The van der Waals surface area contributed by atoms with Gasteiger partial charge in [-0.05, 0) is 25.1 Å². The molecule has 2 nitrogen and oxygen atoms in total. The minimum Gasteiger partial charge on any atom is -0.347 e. The van der Waals surface area contributed by atoms with Gasteiger partial charge >= 0.3 is 0 Å². The van der Waals surface area contributed by atoms with Crippen LogP contribution in [-0.2, 0) is 6.54 Å². The predicted octanol–water partition coefficient (Wildman–Crippen LogP) is 1.96. The molecule has 2 aromatic rings. The Morgan fingerprint density at radius 3 is 3.00 bits per heavy atom. The highest BCUT2D eigenvalue weighted by atomic mass is 19.1. The number of fused-ring (bicyclic) bond motifs is 1. The molecule has 14 heavy (non-hydrogen) atoms. The van der Waals surface area contributed by atoms with E-state index in [4.69, 9.17) is 0 Å². The van der Waals surface area contributed by atoms with Crippen LogP contribution in [0.25, 0.3) is 10.9 Å². The van der Waals surface area contributed by atoms with E-state index in [0.29, 0.717) is 17.4 Å². The van der Waals surface area contributed by atoms with Crippen molar-refractivity contribution in [3.05, 3.63) is 46.5 Å². The van der Waals surface area contributed by atoms with E-state index in [2.05, 4.69) is 6.07 Å². The molecule has 0 spiro atoms. The molecule has 0 atom stereocenters. The second-order valence-electron chi connectivity index (χ2n) is 3.05. The number of benzene rings is 1. The minimum absolute atomic E-state index is 0.190. The van der Waals surface area contributed by atoms with Crippen molar-refractivity contribution in [1.29, 1.82) is 0 Å². The maximum atomic E-state index is 13.0. The summed E-state index contributed by atoms with van der Waals surface area (Å²) in [6, 6.07) is 6.75. The molecule has 1 heterocycles. The number of hydrogen-bond donors (Lipinski definition) is 0. The highest BCUT2D eigenvalue weighted by molar-refractivity contribution is 5.78. The van der Waals surface area contributed by atoms with Gasteiger partial charge in [-0.2, -0.15) is 0 Å². The van der Waals surface area contributed by atoms with Crippen LogP contribution in [0.2, 0.25) is 0 Å². The van der Waals surface area contributed by atoms with Crippen LogP contribution in [0, 0.1) is 11.9 Å². The largest absolute Gasteiger partial charge is 0.347 e. The number of nitrogens with zero attached hydrogens (tertiary/aromatic N) is 1. The van der Waals surface area contributed by atoms with E-state index in [-0.39, 0.29) is 11.2 Å². The molecule has 0 unspecified atom stereocenters. The maximum Gasteiger partial charge on any atom is 0.197 e. The smallest absolute Gasteiger partial charge is 0.197 e. The van der Waals surface area contributed by atoms with E-state index in [1.54, 1.807) is 10.8 Å². The molecule has 1 aromatic heterocycles. The van der Waals surface area contributed by atoms with Gasteiger partial charge in [-0.25, -0.2) is 4.39 Å². The van der Waals surface area contributed by atoms with Crippen LogP contribution in [-0.4, -0.2) is 4.57 Å². The molecule has 0 aliphatic carbocycles. The van der Waals surface area contributed by atoms with Crippen LogP contribution < -0.4 is 5.43 Å². The Morgan fingerprint density at radius 2 is 2.29 bits per heavy atom. The van der Waals surface area contributed by atoms with Crippen molar-refractivity contribution < 1.29 is 4.39 Å². The van der Waals surface area contributed by atoms with E-state index in [1.807, 2.05) is 6.92 Å². The summed E-state index contributed by atoms with van der Waals surface area (Å²) in [5.74, 6) is -0.328. The molecule has 0 bridgehead atoms. The van der Waals surface area contributed by atoms with Gasteiger partial charge in [-0.15, -0.1) is 0 Å². The predicted molar refractivity (Wildman–Crippen MR) is 52.7 cm³/mol. The van der Waals surface area contributed by atoms with E-state index in [9.17, 15) is 9.18 Å². The van der Waals surface area contributed by atoms with Gasteiger partial charge < -0.3 is 4.57 Å². The van der Waals surface area contributed by atoms with Gasteiger partial charge in [-0.1, -0.05) is 0 Å². The summed E-state index contributed by atoms with van der Waals surface area (Å²) in [5, 5.41) is 0.510. The monoisotopic (exact) mass is 190 g/mol. The van der Waals surface area contributed by atoms with Crippen molar-refractivity contribution in [2.45, 2.75) is 13.5 Å². The average Bonchev–Trinajstić information content (AvgIpc) is 2.18. The van der Waals surface area contributed by atoms with Gasteiger partial charge in [0.05, 0.1) is 11.6 Å². The molecule has 71 valence electrons. The lowest BCUT2D eigenvalue weighted by molar-refractivity contribution is 0.627. The molecular weight excluding hydrogens is 181 g/mol. The number of aryl methyl sites for hydroxylation is 1. The maximum absolute atomic E-state index is 13.0. The van der Waals surface area contributed by atoms with E-state index < -0.39 is 0 Å². The van der Waals surface area contributed by atoms with Gasteiger partial charge in [0.1, 0.15) is 5.82 Å². The van der Waals surface area contributed by atoms with Gasteiger partial charge in [0.15, 0.2) is 5.43 Å². The fourth-order valence-corrected chi connectivity index (χ4v) is 1.48. The molecule has 0 saturated heterocycles. The quantitative estimate of drug-likeness (QED) is 0.673. The summed E-state index contributed by atoms with van der Waals surface area (Å²) < 4.78 is 14.8. The summed E-state index contributed by atoms with van der Waals surface area (Å²) in [6.45, 7) is 2.62. The summed E-state index contributed by atoms with van der Waals surface area (Å²) in [7, 11) is 0. The Morgan fingerprint density at radius 1 is 1.50 bits per heavy atom. The van der Waals surface area contributed by atoms with Crippen LogP contribution in [0.15, 0.2) is 29.2 Å². The summed E-state index contributed by atoms with van der Waals surface area (Å²) >= 11 is 0. The second kappa shape index (κ2) is 3.25. The van der Waals surface area contributed by atoms with Crippen LogP contribution >= 0.6 is 0 Å². The number of rotatable bonds is 1. The van der Waals surface area contributed by atoms with Gasteiger partial charge in [0.25, 0.3) is 0 Å². The highest BCUT2D eigenvalue weighted by Crippen LogP contribution is 2.11. The number of halogens is 1. The van der Waals surface area contributed by atoms with Gasteiger partial charge in [-0.3, -0.25) is 4.79 Å². The van der Waals surface area contributed by atoms with Crippen molar-refractivity contribution in [3.63, 3.8) is 0 Å². The average molecular weight is 190 g/mol. The Labute approximate surface area is 80.6 Å². The van der Waals surface area contributed by atoms with Crippen LogP contribution in [0.3, 0.4) is 0 Å². The van der Waals surface area contributed by atoms with Crippen LogP contribution in [0.4, 0.5) is 4.39 Å². The lowest BCUT2D eigenvalue weighted by Gasteiger charge is -2.06. The molecule has 1 aromatic carbocycles. The van der Waals surface area contributed by atoms with Crippen molar-refractivity contribution in [3.8, 4) is 0 Å². The number of pyridine rings is 1. The standard InChI is InChI=1S/C11H9FNO/c1-2-13-6-5-11(14)9-4-3-8(12)7-10(9)13/h3-4,6-7H,2H2,1H3. The lowest BCUT2D eigenvalue weighted by atomic mass is 10.2. The number of aromatic nitrogens is 1. The molecule has 0 fully saturated rings. The summed E-state index contributed by atoms with van der Waals surface area (Å²) in [6.07, 6.45) is 1.56. The first-order valence-electron chi connectivity index (χ1n) is 4.42. The topological polar surface area (TPSA) is 22.0 Å². The molecule has 3 heteroatoms. The molecule has 0 saturated carbocycles. The fraction of sp³-hybridized carbons (Fsp3) is 0.182. The van der Waals surface area contributed by atoms with Gasteiger partial charge in [0.2, 0.25) is 0 Å². The van der Waals surface area contributed by atoms with E-state index in [1.165, 1.54) is 18.2 Å².